The molecule has 0 bridgehead atoms. The van der Waals surface area contributed by atoms with Crippen molar-refractivity contribution in [1.82, 2.24) is 4.98 Å². The molecule has 2 N–H and O–H groups in total. The van der Waals surface area contributed by atoms with E-state index in [1.54, 1.807) is 6.20 Å². The molecule has 1 aromatic carbocycles. The van der Waals surface area contributed by atoms with Crippen LogP contribution in [0.25, 0.3) is 10.8 Å². The van der Waals surface area contributed by atoms with Crippen molar-refractivity contribution in [3.05, 3.63) is 24.4 Å². The Hall–Kier alpha value is -2.01. The minimum absolute atomic E-state index is 0.207. The first-order chi connectivity index (χ1) is 9.65. The molecule has 0 radical (unpaired) electrons. The molecule has 0 saturated carbocycles. The van der Waals surface area contributed by atoms with Gasteiger partial charge in [-0.05, 0) is 29.5 Å². The van der Waals surface area contributed by atoms with Crippen LogP contribution in [0.2, 0.25) is 0 Å². The average Bonchev–Trinajstić information content (AvgIpc) is 2.89. The number of nitrogens with zero attached hydrogens (tertiary/aromatic N) is 1. The van der Waals surface area contributed by atoms with Gasteiger partial charge in [-0.1, -0.05) is 13.8 Å². The smallest absolute Gasteiger partial charge is 0.231 e. The summed E-state index contributed by atoms with van der Waals surface area (Å²) in [4.78, 5) is 4.35. The lowest BCUT2D eigenvalue weighted by molar-refractivity contribution is 0.138. The first-order valence-corrected chi connectivity index (χ1v) is 6.75. The molecule has 1 atom stereocenters. The van der Waals surface area contributed by atoms with E-state index in [1.165, 1.54) is 0 Å². The largest absolute Gasteiger partial charge is 0.454 e. The Kier molecular flexibility index (Phi) is 3.36. The maximum atomic E-state index is 9.88. The highest BCUT2D eigenvalue weighted by molar-refractivity contribution is 5.94. The van der Waals surface area contributed by atoms with E-state index in [0.717, 1.165) is 28.1 Å². The van der Waals surface area contributed by atoms with Gasteiger partial charge in [0.2, 0.25) is 6.79 Å². The molecular formula is C15H18N2O3. The molecule has 20 heavy (non-hydrogen) atoms. The Labute approximate surface area is 117 Å². The molecule has 1 unspecified atom stereocenters. The number of fused-ring (bicyclic) bond motifs is 2. The van der Waals surface area contributed by atoms with E-state index in [1.807, 2.05) is 32.0 Å². The van der Waals surface area contributed by atoms with Gasteiger partial charge in [0.25, 0.3) is 0 Å². The quantitative estimate of drug-likeness (QED) is 0.896. The van der Waals surface area contributed by atoms with E-state index in [0.29, 0.717) is 6.54 Å². The van der Waals surface area contributed by atoms with Crippen LogP contribution in [0.3, 0.4) is 0 Å². The van der Waals surface area contributed by atoms with E-state index in [-0.39, 0.29) is 12.7 Å². The summed E-state index contributed by atoms with van der Waals surface area (Å²) < 4.78 is 10.8. The third kappa shape index (κ3) is 2.36. The summed E-state index contributed by atoms with van der Waals surface area (Å²) in [6.45, 7) is 4.70. The zero-order valence-corrected chi connectivity index (χ0v) is 11.6. The summed E-state index contributed by atoms with van der Waals surface area (Å²) in [6.07, 6.45) is 1.34. The molecule has 0 amide bonds. The van der Waals surface area contributed by atoms with Gasteiger partial charge >= 0.3 is 0 Å². The first kappa shape index (κ1) is 13.0. The van der Waals surface area contributed by atoms with Crippen molar-refractivity contribution < 1.29 is 14.6 Å². The Bertz CT molecular complexity index is 628. The number of benzene rings is 1. The van der Waals surface area contributed by atoms with Crippen LogP contribution >= 0.6 is 0 Å². The fourth-order valence-corrected chi connectivity index (χ4v) is 2.14. The van der Waals surface area contributed by atoms with Crippen LogP contribution in [0.4, 0.5) is 5.82 Å². The van der Waals surface area contributed by atoms with Crippen molar-refractivity contribution in [2.45, 2.75) is 20.0 Å². The topological polar surface area (TPSA) is 63.6 Å². The van der Waals surface area contributed by atoms with E-state index in [4.69, 9.17) is 9.47 Å². The minimum atomic E-state index is -0.402. The van der Waals surface area contributed by atoms with E-state index < -0.39 is 6.10 Å². The molecular weight excluding hydrogens is 256 g/mol. The molecule has 2 heterocycles. The summed E-state index contributed by atoms with van der Waals surface area (Å²) in [7, 11) is 0. The Morgan fingerprint density at radius 1 is 1.30 bits per heavy atom. The summed E-state index contributed by atoms with van der Waals surface area (Å²) in [6, 6.07) is 5.81. The molecule has 5 nitrogen and oxygen atoms in total. The van der Waals surface area contributed by atoms with Gasteiger partial charge < -0.3 is 19.9 Å². The summed E-state index contributed by atoms with van der Waals surface area (Å²) in [5.41, 5.74) is 0. The van der Waals surface area contributed by atoms with Gasteiger partial charge in [0.15, 0.2) is 11.5 Å². The standard InChI is InChI=1S/C15H18N2O3/c1-9(2)12(18)7-17-15-11-6-14-13(19-8-20-14)5-10(11)3-4-16-15/h3-6,9,12,18H,7-8H2,1-2H3,(H,16,17). The maximum Gasteiger partial charge on any atom is 0.231 e. The van der Waals surface area contributed by atoms with Gasteiger partial charge in [-0.25, -0.2) is 4.98 Å². The lowest BCUT2D eigenvalue weighted by Gasteiger charge is -2.16. The molecule has 2 aromatic rings. The van der Waals surface area contributed by atoms with Crippen molar-refractivity contribution in [1.29, 1.82) is 0 Å². The van der Waals surface area contributed by atoms with Crippen LogP contribution in [0.1, 0.15) is 13.8 Å². The summed E-state index contributed by atoms with van der Waals surface area (Å²) >= 11 is 0. The second-order valence-corrected chi connectivity index (χ2v) is 5.28. The third-order valence-electron chi connectivity index (χ3n) is 3.51. The van der Waals surface area contributed by atoms with Crippen LogP contribution in [-0.4, -0.2) is 29.5 Å². The van der Waals surface area contributed by atoms with Gasteiger partial charge in [0, 0.05) is 18.1 Å². The molecule has 0 aliphatic carbocycles. The average molecular weight is 274 g/mol. The molecule has 1 aromatic heterocycles. The highest BCUT2D eigenvalue weighted by Gasteiger charge is 2.16. The lowest BCUT2D eigenvalue weighted by atomic mass is 10.1. The van der Waals surface area contributed by atoms with Crippen molar-refractivity contribution in [3.8, 4) is 11.5 Å². The maximum absolute atomic E-state index is 9.88. The fraction of sp³-hybridized carbons (Fsp3) is 0.400. The number of pyridine rings is 1. The number of rotatable bonds is 4. The fourth-order valence-electron chi connectivity index (χ4n) is 2.14. The van der Waals surface area contributed by atoms with E-state index >= 15 is 0 Å². The highest BCUT2D eigenvalue weighted by atomic mass is 16.7. The second-order valence-electron chi connectivity index (χ2n) is 5.28. The Balaban J connectivity index is 1.91. The highest BCUT2D eigenvalue weighted by Crippen LogP contribution is 2.37. The zero-order valence-electron chi connectivity index (χ0n) is 11.6. The van der Waals surface area contributed by atoms with Crippen LogP contribution in [0.15, 0.2) is 24.4 Å². The SMILES string of the molecule is CC(C)C(O)CNc1nccc2cc3c(cc12)OCO3. The third-order valence-corrected chi connectivity index (χ3v) is 3.51. The van der Waals surface area contributed by atoms with Crippen LogP contribution in [0.5, 0.6) is 11.5 Å². The van der Waals surface area contributed by atoms with Crippen molar-refractivity contribution in [2.75, 3.05) is 18.7 Å². The summed E-state index contributed by atoms with van der Waals surface area (Å²) in [5.74, 6) is 2.45. The molecule has 0 fully saturated rings. The molecule has 0 saturated heterocycles. The Morgan fingerprint density at radius 2 is 2.05 bits per heavy atom. The summed E-state index contributed by atoms with van der Waals surface area (Å²) in [5, 5.41) is 15.1. The van der Waals surface area contributed by atoms with Crippen molar-refractivity contribution in [3.63, 3.8) is 0 Å². The van der Waals surface area contributed by atoms with E-state index in [9.17, 15) is 5.11 Å². The lowest BCUT2D eigenvalue weighted by Crippen LogP contribution is -2.25. The molecule has 3 rings (SSSR count). The van der Waals surface area contributed by atoms with E-state index in [2.05, 4.69) is 10.3 Å². The van der Waals surface area contributed by atoms with Crippen molar-refractivity contribution >= 4 is 16.6 Å². The molecule has 0 spiro atoms. The number of nitrogens with one attached hydrogen (secondary N) is 1. The minimum Gasteiger partial charge on any atom is -0.454 e. The number of anilines is 1. The van der Waals surface area contributed by atoms with Gasteiger partial charge in [-0.15, -0.1) is 0 Å². The van der Waals surface area contributed by atoms with Crippen LogP contribution in [-0.2, 0) is 0 Å². The Morgan fingerprint density at radius 3 is 2.80 bits per heavy atom. The predicted molar refractivity (Wildman–Crippen MR) is 77.2 cm³/mol. The number of aliphatic hydroxyl groups is 1. The van der Waals surface area contributed by atoms with Gasteiger partial charge in [-0.2, -0.15) is 0 Å². The number of hydrogen-bond acceptors (Lipinski definition) is 5. The van der Waals surface area contributed by atoms with Crippen LogP contribution < -0.4 is 14.8 Å². The van der Waals surface area contributed by atoms with Gasteiger partial charge in [0.1, 0.15) is 5.82 Å². The monoisotopic (exact) mass is 274 g/mol. The number of hydrogen-bond donors (Lipinski definition) is 2. The molecule has 5 heteroatoms. The van der Waals surface area contributed by atoms with Crippen molar-refractivity contribution in [2.24, 2.45) is 5.92 Å². The number of aromatic nitrogens is 1. The first-order valence-electron chi connectivity index (χ1n) is 6.75. The zero-order chi connectivity index (χ0) is 14.1. The number of ether oxygens (including phenoxy) is 2. The van der Waals surface area contributed by atoms with Gasteiger partial charge in [0.05, 0.1) is 6.10 Å². The molecule has 106 valence electrons. The van der Waals surface area contributed by atoms with Gasteiger partial charge in [-0.3, -0.25) is 0 Å². The second kappa shape index (κ2) is 5.17. The predicted octanol–water partition coefficient (Wildman–Crippen LogP) is 2.39. The molecule has 1 aliphatic heterocycles. The van der Waals surface area contributed by atoms with Crippen LogP contribution in [0, 0.1) is 5.92 Å². The molecule has 1 aliphatic rings. The number of aliphatic hydroxyl groups excluding tert-OH is 1. The normalized spacial score (nSPS) is 14.8.